The van der Waals surface area contributed by atoms with Crippen LogP contribution in [0.1, 0.15) is 0 Å². The van der Waals surface area contributed by atoms with Gasteiger partial charge in [-0.25, -0.2) is 9.97 Å². The van der Waals surface area contributed by atoms with Gasteiger partial charge in [-0.3, -0.25) is 0 Å². The third kappa shape index (κ3) is 5.87. The molecule has 0 aliphatic heterocycles. The van der Waals surface area contributed by atoms with Crippen molar-refractivity contribution in [2.75, 3.05) is 0 Å². The van der Waals surface area contributed by atoms with Crippen LogP contribution in [-0.2, 0) is 0 Å². The molecule has 0 atom stereocenters. The maximum atomic E-state index is 5.32. The van der Waals surface area contributed by atoms with E-state index < -0.39 is 0 Å². The lowest BCUT2D eigenvalue weighted by molar-refractivity contribution is 1.24. The largest absolute Gasteiger partial charge is 0.227 e. The molecule has 0 saturated carbocycles. The van der Waals surface area contributed by atoms with E-state index in [4.69, 9.17) is 9.97 Å². The van der Waals surface area contributed by atoms with Gasteiger partial charge in [-0.1, -0.05) is 152 Å². The smallest absolute Gasteiger partial charge is 0.161 e. The van der Waals surface area contributed by atoms with Gasteiger partial charge in [0.1, 0.15) is 4.83 Å². The molecule has 0 amide bonds. The lowest BCUT2D eigenvalue weighted by atomic mass is 9.92. The van der Waals surface area contributed by atoms with Crippen LogP contribution in [0.2, 0.25) is 0 Å². The quantitative estimate of drug-likeness (QED) is 0.173. The molecule has 3 heteroatoms. The fraction of sp³-hybridized carbons (Fsp3) is 0. The van der Waals surface area contributed by atoms with Crippen LogP contribution in [0.3, 0.4) is 0 Å². The first-order valence-electron chi connectivity index (χ1n) is 17.9. The molecule has 10 aromatic rings. The van der Waals surface area contributed by atoms with Gasteiger partial charge in [0, 0.05) is 26.6 Å². The highest BCUT2D eigenvalue weighted by Gasteiger charge is 2.18. The molecule has 0 spiro atoms. The van der Waals surface area contributed by atoms with Gasteiger partial charge in [0.05, 0.1) is 5.69 Å². The Morgan fingerprint density at radius 2 is 0.755 bits per heavy atom. The van der Waals surface area contributed by atoms with Crippen LogP contribution < -0.4 is 0 Å². The fourth-order valence-electron chi connectivity index (χ4n) is 7.40. The van der Waals surface area contributed by atoms with Gasteiger partial charge in [-0.2, -0.15) is 0 Å². The molecular formula is C50H32N2S. The molecule has 0 aliphatic carbocycles. The summed E-state index contributed by atoms with van der Waals surface area (Å²) in [7, 11) is 0. The third-order valence-electron chi connectivity index (χ3n) is 10.0. The molecule has 0 unspecified atom stereocenters. The van der Waals surface area contributed by atoms with E-state index in [1.165, 1.54) is 54.2 Å². The van der Waals surface area contributed by atoms with Gasteiger partial charge < -0.3 is 0 Å². The standard InChI is InChI=1S/C50H32N2S/c1-4-14-33(15-5-1)42-28-43(34-16-6-2-7-17-34)30-44(29-42)38-24-12-22-36(26-38)37-23-13-25-41(27-37)48-47-45-31-39-20-10-11-21-40(39)32-46(45)53-50(47)52-49(51-48)35-18-8-3-9-19-35/h1-32H. The highest BCUT2D eigenvalue weighted by molar-refractivity contribution is 7.25. The highest BCUT2D eigenvalue weighted by Crippen LogP contribution is 2.42. The summed E-state index contributed by atoms with van der Waals surface area (Å²) in [6.07, 6.45) is 0. The predicted octanol–water partition coefficient (Wildman–Crippen LogP) is 14.0. The van der Waals surface area contributed by atoms with Crippen molar-refractivity contribution in [1.29, 1.82) is 0 Å². The van der Waals surface area contributed by atoms with Crippen molar-refractivity contribution in [3.05, 3.63) is 194 Å². The molecule has 2 aromatic heterocycles. The van der Waals surface area contributed by atoms with Crippen LogP contribution in [0.25, 0.3) is 98.2 Å². The Morgan fingerprint density at radius 3 is 1.36 bits per heavy atom. The van der Waals surface area contributed by atoms with Gasteiger partial charge in [-0.05, 0) is 97.7 Å². The maximum absolute atomic E-state index is 5.32. The first kappa shape index (κ1) is 31.1. The van der Waals surface area contributed by atoms with E-state index in [1.807, 2.05) is 18.2 Å². The molecule has 0 radical (unpaired) electrons. The number of hydrogen-bond acceptors (Lipinski definition) is 3. The van der Waals surface area contributed by atoms with Crippen molar-refractivity contribution in [2.24, 2.45) is 0 Å². The predicted molar refractivity (Wildman–Crippen MR) is 225 cm³/mol. The van der Waals surface area contributed by atoms with Gasteiger partial charge in [0.25, 0.3) is 0 Å². The number of nitrogens with zero attached hydrogens (tertiary/aromatic N) is 2. The number of hydrogen-bond donors (Lipinski definition) is 0. The third-order valence-corrected chi connectivity index (χ3v) is 11.1. The van der Waals surface area contributed by atoms with Gasteiger partial charge in [0.2, 0.25) is 0 Å². The minimum absolute atomic E-state index is 0.740. The van der Waals surface area contributed by atoms with Crippen LogP contribution in [0, 0.1) is 0 Å². The average molecular weight is 693 g/mol. The van der Waals surface area contributed by atoms with Crippen LogP contribution in [0.5, 0.6) is 0 Å². The van der Waals surface area contributed by atoms with Crippen molar-refractivity contribution < 1.29 is 0 Å². The highest BCUT2D eigenvalue weighted by atomic mass is 32.1. The van der Waals surface area contributed by atoms with Crippen molar-refractivity contribution in [2.45, 2.75) is 0 Å². The Balaban J connectivity index is 1.12. The monoisotopic (exact) mass is 692 g/mol. The Morgan fingerprint density at radius 1 is 0.321 bits per heavy atom. The number of benzene rings is 8. The summed E-state index contributed by atoms with van der Waals surface area (Å²) in [5, 5.41) is 4.75. The fourth-order valence-corrected chi connectivity index (χ4v) is 8.50. The minimum Gasteiger partial charge on any atom is -0.227 e. The SMILES string of the molecule is c1ccc(-c2cc(-c3ccccc3)cc(-c3cccc(-c4cccc(-c5nc(-c6ccccc6)nc6sc7cc8ccccc8cc7c56)c4)c3)c2)cc1. The van der Waals surface area contributed by atoms with E-state index >= 15 is 0 Å². The maximum Gasteiger partial charge on any atom is 0.161 e. The zero-order chi connectivity index (χ0) is 35.1. The summed E-state index contributed by atoms with van der Waals surface area (Å²) < 4.78 is 1.22. The van der Waals surface area contributed by atoms with Crippen molar-refractivity contribution in [3.8, 4) is 67.2 Å². The summed E-state index contributed by atoms with van der Waals surface area (Å²) in [6, 6.07) is 69.4. The van der Waals surface area contributed by atoms with E-state index in [9.17, 15) is 0 Å². The number of rotatable bonds is 6. The Labute approximate surface area is 312 Å². The molecule has 2 nitrogen and oxygen atoms in total. The molecular weight excluding hydrogens is 661 g/mol. The van der Waals surface area contributed by atoms with Crippen LogP contribution >= 0.6 is 11.3 Å². The van der Waals surface area contributed by atoms with Crippen LogP contribution in [-0.4, -0.2) is 9.97 Å². The van der Waals surface area contributed by atoms with E-state index in [0.717, 1.165) is 44.0 Å². The van der Waals surface area contributed by atoms with Crippen LogP contribution in [0.15, 0.2) is 194 Å². The van der Waals surface area contributed by atoms with Crippen molar-refractivity contribution >= 4 is 42.4 Å². The molecule has 8 aromatic carbocycles. The Kier molecular flexibility index (Phi) is 7.71. The van der Waals surface area contributed by atoms with E-state index in [2.05, 4.69) is 176 Å². The van der Waals surface area contributed by atoms with Gasteiger partial charge >= 0.3 is 0 Å². The number of aromatic nitrogens is 2. The van der Waals surface area contributed by atoms with Gasteiger partial charge in [0.15, 0.2) is 5.82 Å². The van der Waals surface area contributed by atoms with Crippen molar-refractivity contribution in [3.63, 3.8) is 0 Å². The first-order chi connectivity index (χ1) is 26.2. The zero-order valence-corrected chi connectivity index (χ0v) is 29.6. The molecule has 0 fully saturated rings. The summed E-state index contributed by atoms with van der Waals surface area (Å²) in [5.41, 5.74) is 12.5. The normalized spacial score (nSPS) is 11.4. The number of fused-ring (bicyclic) bond motifs is 4. The average Bonchev–Trinajstić information content (AvgIpc) is 3.60. The molecule has 10 rings (SSSR count). The van der Waals surface area contributed by atoms with Crippen molar-refractivity contribution in [1.82, 2.24) is 9.97 Å². The Hall–Kier alpha value is -6.68. The summed E-state index contributed by atoms with van der Waals surface area (Å²) in [6.45, 7) is 0. The Bertz CT molecular complexity index is 2870. The second-order valence-corrected chi connectivity index (χ2v) is 14.5. The second-order valence-electron chi connectivity index (χ2n) is 13.4. The van der Waals surface area contributed by atoms with E-state index in [-0.39, 0.29) is 0 Å². The summed E-state index contributed by atoms with van der Waals surface area (Å²) in [5.74, 6) is 0.740. The zero-order valence-electron chi connectivity index (χ0n) is 28.8. The minimum atomic E-state index is 0.740. The first-order valence-corrected chi connectivity index (χ1v) is 18.7. The molecule has 53 heavy (non-hydrogen) atoms. The molecule has 248 valence electrons. The second kappa shape index (κ2) is 13.1. The molecule has 0 N–H and O–H groups in total. The molecule has 0 bridgehead atoms. The lowest BCUT2D eigenvalue weighted by Crippen LogP contribution is -1.94. The molecule has 2 heterocycles. The van der Waals surface area contributed by atoms with Crippen LogP contribution in [0.4, 0.5) is 0 Å². The molecule has 0 aliphatic rings. The topological polar surface area (TPSA) is 25.8 Å². The number of thiophene rings is 1. The van der Waals surface area contributed by atoms with E-state index in [0.29, 0.717) is 0 Å². The summed E-state index contributed by atoms with van der Waals surface area (Å²) in [4.78, 5) is 11.5. The van der Waals surface area contributed by atoms with Gasteiger partial charge in [-0.15, -0.1) is 11.3 Å². The van der Waals surface area contributed by atoms with E-state index in [1.54, 1.807) is 11.3 Å². The molecule has 0 saturated heterocycles. The lowest BCUT2D eigenvalue weighted by Gasteiger charge is -2.13. The summed E-state index contributed by atoms with van der Waals surface area (Å²) >= 11 is 1.74.